The van der Waals surface area contributed by atoms with Crippen LogP contribution in [0.25, 0.3) is 0 Å². The maximum atomic E-state index is 14.6. The van der Waals surface area contributed by atoms with E-state index in [1.54, 1.807) is 46.8 Å². The van der Waals surface area contributed by atoms with Crippen molar-refractivity contribution in [3.8, 4) is 0 Å². The molecule has 2 aromatic rings. The van der Waals surface area contributed by atoms with Crippen molar-refractivity contribution in [1.29, 1.82) is 0 Å². The van der Waals surface area contributed by atoms with Crippen LogP contribution in [-0.4, -0.2) is 59.9 Å². The Morgan fingerprint density at radius 1 is 1.36 bits per heavy atom. The number of allylic oxidation sites excluding steroid dienone is 1. The van der Waals surface area contributed by atoms with Gasteiger partial charge in [0.1, 0.15) is 16.3 Å². The van der Waals surface area contributed by atoms with Crippen LogP contribution in [0.2, 0.25) is 5.02 Å². The Balaban J connectivity index is 2.24. The summed E-state index contributed by atoms with van der Waals surface area (Å²) in [5.74, 6) is -0.553. The van der Waals surface area contributed by atoms with Crippen LogP contribution in [0.15, 0.2) is 35.0 Å². The molecule has 0 radical (unpaired) electrons. The van der Waals surface area contributed by atoms with Gasteiger partial charge in [-0.1, -0.05) is 17.7 Å². The molecule has 9 nitrogen and oxygen atoms in total. The first-order valence-electron chi connectivity index (χ1n) is 11.3. The smallest absolute Gasteiger partial charge is 0.407 e. The number of hydrogen-bond acceptors (Lipinski definition) is 6. The van der Waals surface area contributed by atoms with Crippen molar-refractivity contribution in [1.82, 2.24) is 19.4 Å². The number of benzene rings is 1. The van der Waals surface area contributed by atoms with Crippen molar-refractivity contribution in [2.24, 2.45) is 0 Å². The molecule has 0 aliphatic rings. The third-order valence-electron chi connectivity index (χ3n) is 5.10. The molecule has 1 atom stereocenters. The first-order chi connectivity index (χ1) is 16.5. The minimum Gasteiger partial charge on any atom is -0.444 e. The molecule has 200 valence electrons. The van der Waals surface area contributed by atoms with Crippen molar-refractivity contribution >= 4 is 27.7 Å². The molecule has 2 N–H and O–H groups in total. The number of halogens is 2. The van der Waals surface area contributed by atoms with E-state index in [0.717, 1.165) is 4.31 Å². The van der Waals surface area contributed by atoms with Gasteiger partial charge in [0, 0.05) is 32.6 Å². The van der Waals surface area contributed by atoms with Gasteiger partial charge >= 0.3 is 6.09 Å². The molecule has 1 amide bonds. The first-order valence-corrected chi connectivity index (χ1v) is 13.1. The molecular formula is C24H34ClFN4O5S. The number of carbonyl (C=O) groups is 1. The number of aliphatic hydroxyl groups excluding tert-OH is 1. The maximum Gasteiger partial charge on any atom is 0.407 e. The fourth-order valence-corrected chi connectivity index (χ4v) is 4.91. The van der Waals surface area contributed by atoms with E-state index >= 15 is 0 Å². The van der Waals surface area contributed by atoms with Gasteiger partial charge in [0.05, 0.1) is 29.1 Å². The van der Waals surface area contributed by atoms with Crippen molar-refractivity contribution < 1.29 is 27.4 Å². The van der Waals surface area contributed by atoms with Gasteiger partial charge in [-0.3, -0.25) is 4.68 Å². The van der Waals surface area contributed by atoms with E-state index in [-0.39, 0.29) is 23.0 Å². The topological polar surface area (TPSA) is 114 Å². The van der Waals surface area contributed by atoms with Crippen LogP contribution >= 0.6 is 11.6 Å². The van der Waals surface area contributed by atoms with Gasteiger partial charge < -0.3 is 15.2 Å². The summed E-state index contributed by atoms with van der Waals surface area (Å²) in [5.41, 5.74) is 1.75. The zero-order chi connectivity index (χ0) is 27.4. The highest BCUT2D eigenvalue weighted by molar-refractivity contribution is 7.89. The van der Waals surface area contributed by atoms with E-state index in [2.05, 4.69) is 10.4 Å². The molecular weight excluding hydrogens is 511 g/mol. The van der Waals surface area contributed by atoms with Crippen molar-refractivity contribution in [3.05, 3.63) is 57.6 Å². The number of aryl methyl sites for hydroxylation is 1. The predicted octanol–water partition coefficient (Wildman–Crippen LogP) is 4.12. The minimum atomic E-state index is -3.70. The summed E-state index contributed by atoms with van der Waals surface area (Å²) in [6.07, 6.45) is -0.0929. The maximum absolute atomic E-state index is 14.6. The van der Waals surface area contributed by atoms with Gasteiger partial charge in [-0.25, -0.2) is 21.9 Å². The second-order valence-corrected chi connectivity index (χ2v) is 12.1. The summed E-state index contributed by atoms with van der Waals surface area (Å²) in [7, 11) is -0.848. The second kappa shape index (κ2) is 11.7. The third kappa shape index (κ3) is 7.76. The second-order valence-electron chi connectivity index (χ2n) is 9.55. The average Bonchev–Trinajstić information content (AvgIpc) is 3.01. The Morgan fingerprint density at radius 3 is 2.53 bits per heavy atom. The highest BCUT2D eigenvalue weighted by atomic mass is 35.5. The monoisotopic (exact) mass is 544 g/mol. The van der Waals surface area contributed by atoms with Crippen LogP contribution < -0.4 is 5.32 Å². The van der Waals surface area contributed by atoms with Crippen LogP contribution in [0.1, 0.15) is 56.3 Å². The molecule has 1 aromatic heterocycles. The Hall–Kier alpha value is -2.47. The van der Waals surface area contributed by atoms with Gasteiger partial charge in [0.2, 0.25) is 10.0 Å². The quantitative estimate of drug-likeness (QED) is 0.491. The average molecular weight is 545 g/mol. The number of nitrogens with zero attached hydrogens (tertiary/aromatic N) is 3. The van der Waals surface area contributed by atoms with Crippen LogP contribution in [0.4, 0.5) is 9.18 Å². The number of hydrogen-bond donors (Lipinski definition) is 2. The van der Waals surface area contributed by atoms with Crippen molar-refractivity contribution in [3.63, 3.8) is 0 Å². The highest BCUT2D eigenvalue weighted by Crippen LogP contribution is 2.29. The Kier molecular flexibility index (Phi) is 9.69. The van der Waals surface area contributed by atoms with Gasteiger partial charge in [-0.2, -0.15) is 5.10 Å². The Morgan fingerprint density at radius 2 is 2.00 bits per heavy atom. The summed E-state index contributed by atoms with van der Waals surface area (Å²) in [6.45, 7) is 8.18. The minimum absolute atomic E-state index is 0.00622. The molecule has 12 heteroatoms. The van der Waals surface area contributed by atoms with Gasteiger partial charge in [-0.15, -0.1) is 0 Å². The normalized spacial score (nSPS) is 13.7. The number of amides is 1. The number of sulfonamides is 1. The first kappa shape index (κ1) is 29.8. The lowest BCUT2D eigenvalue weighted by Crippen LogP contribution is -2.32. The van der Waals surface area contributed by atoms with E-state index in [0.29, 0.717) is 28.9 Å². The zero-order valence-corrected chi connectivity index (χ0v) is 23.2. The molecule has 2 rings (SSSR count). The number of aliphatic hydroxyl groups is 1. The molecule has 1 heterocycles. The Labute approximate surface area is 216 Å². The number of alkyl carbamates (subject to hydrolysis) is 1. The molecule has 0 aliphatic heterocycles. The lowest BCUT2D eigenvalue weighted by Gasteiger charge is -2.19. The summed E-state index contributed by atoms with van der Waals surface area (Å²) >= 11 is 6.27. The van der Waals surface area contributed by atoms with Crippen LogP contribution in [0.3, 0.4) is 0 Å². The van der Waals surface area contributed by atoms with E-state index < -0.39 is 33.6 Å². The van der Waals surface area contributed by atoms with Gasteiger partial charge in [-0.05, 0) is 58.4 Å². The van der Waals surface area contributed by atoms with E-state index in [1.807, 2.05) is 0 Å². The molecule has 0 unspecified atom stereocenters. The molecule has 36 heavy (non-hydrogen) atoms. The molecule has 0 saturated heterocycles. The number of ether oxygens (including phenoxy) is 1. The summed E-state index contributed by atoms with van der Waals surface area (Å²) in [5, 5.41) is 17.4. The van der Waals surface area contributed by atoms with Crippen molar-refractivity contribution in [2.45, 2.75) is 64.2 Å². The van der Waals surface area contributed by atoms with E-state index in [1.165, 1.54) is 30.9 Å². The fourth-order valence-electron chi connectivity index (χ4n) is 3.47. The van der Waals surface area contributed by atoms with Gasteiger partial charge in [0.25, 0.3) is 0 Å². The lowest BCUT2D eigenvalue weighted by atomic mass is 10.0. The third-order valence-corrected chi connectivity index (χ3v) is 7.39. The van der Waals surface area contributed by atoms with E-state index in [9.17, 15) is 22.7 Å². The molecule has 0 bridgehead atoms. The summed E-state index contributed by atoms with van der Waals surface area (Å²) < 4.78 is 47.0. The number of aromatic nitrogens is 2. The number of nitrogens with one attached hydrogen (secondary N) is 1. The molecule has 0 fully saturated rings. The van der Waals surface area contributed by atoms with Gasteiger partial charge in [0.15, 0.2) is 0 Å². The Bertz CT molecular complexity index is 1230. The summed E-state index contributed by atoms with van der Waals surface area (Å²) in [6, 6.07) is 4.64. The molecule has 0 saturated carbocycles. The largest absolute Gasteiger partial charge is 0.444 e. The van der Waals surface area contributed by atoms with Crippen LogP contribution in [-0.2, 0) is 27.7 Å². The SMILES string of the molecule is Cc1nn(C/C(F)=C/CNC(=O)OC(C)(C)C)c([C@@H](C)O)c1Cc1ccc(S(=O)(=O)N(C)C)c(Cl)c1. The summed E-state index contributed by atoms with van der Waals surface area (Å²) in [4.78, 5) is 11.7. The van der Waals surface area contributed by atoms with Crippen LogP contribution in [0, 0.1) is 6.92 Å². The fraction of sp³-hybridized carbons (Fsp3) is 0.500. The number of carbonyl (C=O) groups excluding carboxylic acids is 1. The highest BCUT2D eigenvalue weighted by Gasteiger charge is 2.23. The van der Waals surface area contributed by atoms with Crippen molar-refractivity contribution in [2.75, 3.05) is 20.6 Å². The lowest BCUT2D eigenvalue weighted by molar-refractivity contribution is 0.0534. The van der Waals surface area contributed by atoms with E-state index in [4.69, 9.17) is 16.3 Å². The molecule has 0 spiro atoms. The van der Waals surface area contributed by atoms with Crippen LogP contribution in [0.5, 0.6) is 0 Å². The molecule has 1 aromatic carbocycles. The standard InChI is InChI=1S/C24H34ClFN4O5S/c1-15-19(12-17-8-9-21(20(25)13-17)36(33,34)29(6)7)22(16(2)31)30(28-15)14-18(26)10-11-27-23(32)35-24(3,4)5/h8-10,13,16,31H,11-12,14H2,1-7H3,(H,27,32)/b18-10-/t16-/m1/s1. The predicted molar refractivity (Wildman–Crippen MR) is 136 cm³/mol. The molecule has 0 aliphatic carbocycles. The zero-order valence-electron chi connectivity index (χ0n) is 21.6. The number of rotatable bonds is 9.